The van der Waals surface area contributed by atoms with Crippen LogP contribution in [0.1, 0.15) is 136 Å². The predicted molar refractivity (Wildman–Crippen MR) is 214 cm³/mol. The maximum absolute atomic E-state index is 11.2. The smallest absolute Gasteiger partial charge is 0.407 e. The maximum atomic E-state index is 11.2. The van der Waals surface area contributed by atoms with Gasteiger partial charge in [-0.15, -0.1) is 0 Å². The summed E-state index contributed by atoms with van der Waals surface area (Å²) < 4.78 is 42.3. The molecule has 0 aromatic carbocycles. The fourth-order valence-electron chi connectivity index (χ4n) is 3.66. The Balaban J connectivity index is -0.000000306. The summed E-state index contributed by atoms with van der Waals surface area (Å²) in [5.41, 5.74) is -0.0113. The van der Waals surface area contributed by atoms with Gasteiger partial charge in [0, 0.05) is 30.6 Å². The van der Waals surface area contributed by atoms with Gasteiger partial charge in [0.15, 0.2) is 0 Å². The highest BCUT2D eigenvalue weighted by molar-refractivity contribution is 7.88. The fraction of sp³-hybridized carbons (Fsp3) is 0.895. The van der Waals surface area contributed by atoms with Crippen LogP contribution in [0.3, 0.4) is 0 Å². The van der Waals surface area contributed by atoms with Gasteiger partial charge in [-0.3, -0.25) is 4.79 Å². The van der Waals surface area contributed by atoms with E-state index < -0.39 is 16.1 Å². The number of alkyl carbamates (subject to hydrolysis) is 3. The van der Waals surface area contributed by atoms with E-state index in [-0.39, 0.29) is 70.4 Å². The highest BCUT2D eigenvalue weighted by Crippen LogP contribution is 2.25. The van der Waals surface area contributed by atoms with Gasteiger partial charge < -0.3 is 34.9 Å². The van der Waals surface area contributed by atoms with Gasteiger partial charge in [-0.05, 0) is 60.7 Å². The molecule has 14 nitrogen and oxygen atoms in total. The number of carbonyl (C=O) groups is 4. The molecule has 0 aromatic heterocycles. The van der Waals surface area contributed by atoms with Gasteiger partial charge >= 0.3 is 24.2 Å². The van der Waals surface area contributed by atoms with Gasteiger partial charge in [0.05, 0.1) is 34.7 Å². The van der Waals surface area contributed by atoms with Crippen molar-refractivity contribution in [2.75, 3.05) is 34.7 Å². The lowest BCUT2D eigenvalue weighted by molar-refractivity contribution is -0.141. The molecule has 0 spiro atoms. The Hall–Kier alpha value is -2.81. The molecule has 0 aromatic rings. The van der Waals surface area contributed by atoms with E-state index in [2.05, 4.69) is 95.0 Å². The number of methoxy groups -OCH3 is 4. The molecule has 0 aliphatic carbocycles. The van der Waals surface area contributed by atoms with E-state index in [4.69, 9.17) is 0 Å². The second-order valence-electron chi connectivity index (χ2n) is 17.9. The van der Waals surface area contributed by atoms with Crippen LogP contribution in [-0.4, -0.2) is 91.5 Å². The lowest BCUT2D eigenvalue weighted by Crippen LogP contribution is -2.44. The van der Waals surface area contributed by atoms with Crippen molar-refractivity contribution < 1.29 is 46.5 Å². The van der Waals surface area contributed by atoms with Crippen molar-refractivity contribution in [3.05, 3.63) is 0 Å². The summed E-state index contributed by atoms with van der Waals surface area (Å²) in [6.07, 6.45) is 2.92. The molecular weight excluding hydrogens is 705 g/mol. The van der Waals surface area contributed by atoms with E-state index in [0.29, 0.717) is 12.3 Å². The fourth-order valence-corrected chi connectivity index (χ4v) is 4.66. The standard InChI is InChI=1S/C12H25NO2.C11H21NO4.C8H17NO2.C7H17NO2S/c1-9(2)7-8-10(12(3,4)5)13-11(14)15-6;1-11(2,3)8(12-10(14)16-5)6-7-9(13)15-4;1-6(8(2,3)4)9-7(10)11-5;1-6(7(2,3)4)8-11(5,9)10/h9-10H,7-8H2,1-6H3,(H,13,14);8H,6-7H2,1-5H3,(H,12,14);6H,1-5H3,(H,9,10);6,8H,1-5H3. The first-order chi connectivity index (χ1) is 23.6. The summed E-state index contributed by atoms with van der Waals surface area (Å²) in [5.74, 6) is 0.384. The van der Waals surface area contributed by atoms with Crippen molar-refractivity contribution in [1.82, 2.24) is 20.7 Å². The summed E-state index contributed by atoms with van der Waals surface area (Å²) in [5, 5.41) is 8.33. The third kappa shape index (κ3) is 34.7. The first-order valence-corrected chi connectivity index (χ1v) is 20.1. The van der Waals surface area contributed by atoms with Gasteiger partial charge in [-0.1, -0.05) is 96.9 Å². The van der Waals surface area contributed by atoms with Gasteiger partial charge in [0.1, 0.15) is 0 Å². The molecule has 0 radical (unpaired) electrons. The lowest BCUT2D eigenvalue weighted by atomic mass is 9.83. The number of nitrogens with one attached hydrogen (secondary N) is 4. The third-order valence-corrected chi connectivity index (χ3v) is 9.23. The maximum Gasteiger partial charge on any atom is 0.407 e. The summed E-state index contributed by atoms with van der Waals surface area (Å²) in [7, 11) is 2.37. The lowest BCUT2D eigenvalue weighted by Gasteiger charge is -2.31. The SMILES string of the molecule is CC(NS(C)(=O)=O)C(C)(C)C.COC(=O)CCC(NC(=O)OC)C(C)(C)C.COC(=O)NC(C)C(C)(C)C.COC(=O)NC(CCC(C)C)C(C)(C)C. The van der Waals surface area contributed by atoms with Crippen molar-refractivity contribution >= 4 is 34.3 Å². The van der Waals surface area contributed by atoms with Crippen LogP contribution >= 0.6 is 0 Å². The van der Waals surface area contributed by atoms with Crippen LogP contribution < -0.4 is 20.7 Å². The first kappa shape index (κ1) is 56.9. The molecule has 0 aliphatic heterocycles. The Bertz CT molecular complexity index is 1150. The van der Waals surface area contributed by atoms with Crippen LogP contribution in [0, 0.1) is 27.6 Å². The minimum absolute atomic E-state index is 0.0247. The van der Waals surface area contributed by atoms with Crippen molar-refractivity contribution in [2.45, 2.75) is 161 Å². The van der Waals surface area contributed by atoms with Crippen LogP contribution in [0.5, 0.6) is 0 Å². The Morgan fingerprint density at radius 2 is 0.849 bits per heavy atom. The van der Waals surface area contributed by atoms with E-state index in [0.717, 1.165) is 12.8 Å². The molecule has 53 heavy (non-hydrogen) atoms. The van der Waals surface area contributed by atoms with Gasteiger partial charge in [0.25, 0.3) is 0 Å². The summed E-state index contributed by atoms with van der Waals surface area (Å²) in [6.45, 7) is 32.8. The number of hydrogen-bond donors (Lipinski definition) is 4. The largest absolute Gasteiger partial charge is 0.469 e. The van der Waals surface area contributed by atoms with E-state index in [1.807, 2.05) is 55.4 Å². The zero-order chi connectivity index (χ0) is 43.2. The van der Waals surface area contributed by atoms with Crippen molar-refractivity contribution in [1.29, 1.82) is 0 Å². The first-order valence-electron chi connectivity index (χ1n) is 18.2. The van der Waals surface area contributed by atoms with Crippen LogP contribution in [0.15, 0.2) is 0 Å². The number of sulfonamides is 1. The molecule has 0 aliphatic rings. The molecule has 0 heterocycles. The minimum Gasteiger partial charge on any atom is -0.469 e. The van der Waals surface area contributed by atoms with Gasteiger partial charge in [-0.25, -0.2) is 27.5 Å². The zero-order valence-electron chi connectivity index (χ0n) is 37.2. The molecule has 15 heteroatoms. The third-order valence-electron chi connectivity index (χ3n) is 8.45. The minimum atomic E-state index is -3.06. The molecule has 0 saturated carbocycles. The van der Waals surface area contributed by atoms with Crippen LogP contribution in [-0.2, 0) is 33.8 Å². The molecule has 0 rings (SSSR count). The van der Waals surface area contributed by atoms with Gasteiger partial charge in [0.2, 0.25) is 10.0 Å². The van der Waals surface area contributed by atoms with Gasteiger partial charge in [-0.2, -0.15) is 0 Å². The average Bonchev–Trinajstić information content (AvgIpc) is 2.98. The van der Waals surface area contributed by atoms with Crippen molar-refractivity contribution in [3.63, 3.8) is 0 Å². The molecule has 4 N–H and O–H groups in total. The van der Waals surface area contributed by atoms with E-state index in [9.17, 15) is 27.6 Å². The molecule has 4 unspecified atom stereocenters. The highest BCUT2D eigenvalue weighted by atomic mass is 32.2. The molecule has 0 fully saturated rings. The Kier molecular flexibility index (Phi) is 28.0. The monoisotopic (exact) mass is 785 g/mol. The molecule has 318 valence electrons. The number of rotatable bonds is 11. The number of amides is 3. The topological polar surface area (TPSA) is 187 Å². The number of ether oxygens (including phenoxy) is 4. The molecule has 3 amide bonds. The Morgan fingerprint density at radius 1 is 0.509 bits per heavy atom. The van der Waals surface area contributed by atoms with Crippen molar-refractivity contribution in [2.24, 2.45) is 27.6 Å². The predicted octanol–water partition coefficient (Wildman–Crippen LogP) is 7.65. The van der Waals surface area contributed by atoms with E-state index in [1.54, 1.807) is 0 Å². The molecule has 0 saturated heterocycles. The second-order valence-corrected chi connectivity index (χ2v) is 19.7. The number of esters is 1. The average molecular weight is 785 g/mol. The van der Waals surface area contributed by atoms with Crippen LogP contribution in [0.2, 0.25) is 0 Å². The molecular formula is C38H80N4O10S. The highest BCUT2D eigenvalue weighted by Gasteiger charge is 2.28. The Labute approximate surface area is 323 Å². The van der Waals surface area contributed by atoms with Crippen LogP contribution in [0.4, 0.5) is 14.4 Å². The van der Waals surface area contributed by atoms with Crippen molar-refractivity contribution in [3.8, 4) is 0 Å². The molecule has 0 bridgehead atoms. The Morgan fingerprint density at radius 3 is 1.09 bits per heavy atom. The summed E-state index contributed by atoms with van der Waals surface area (Å²) >= 11 is 0. The van der Waals surface area contributed by atoms with E-state index >= 15 is 0 Å². The quantitative estimate of drug-likeness (QED) is 0.120. The number of hydrogen-bond acceptors (Lipinski definition) is 10. The summed E-state index contributed by atoms with van der Waals surface area (Å²) in [4.78, 5) is 44.1. The van der Waals surface area contributed by atoms with Crippen LogP contribution in [0.25, 0.3) is 0 Å². The number of carbonyl (C=O) groups excluding carboxylic acids is 4. The normalized spacial score (nSPS) is 14.1. The molecule has 4 atom stereocenters. The summed E-state index contributed by atoms with van der Waals surface area (Å²) in [6, 6.07) is 0.138. The zero-order valence-corrected chi connectivity index (χ0v) is 38.0. The van der Waals surface area contributed by atoms with E-state index in [1.165, 1.54) is 34.7 Å². The second kappa shape index (κ2) is 26.1.